The molecule has 1 rings (SSSR count). The van der Waals surface area contributed by atoms with Gasteiger partial charge in [-0.1, -0.05) is 15.9 Å². The zero-order valence-corrected chi connectivity index (χ0v) is 10.2. The van der Waals surface area contributed by atoms with Crippen LogP contribution in [-0.2, 0) is 0 Å². The third kappa shape index (κ3) is 2.96. The van der Waals surface area contributed by atoms with Gasteiger partial charge in [-0.05, 0) is 32.0 Å². The van der Waals surface area contributed by atoms with Crippen LogP contribution in [0, 0.1) is 0 Å². The molecule has 0 fully saturated rings. The molecule has 0 aromatic heterocycles. The van der Waals surface area contributed by atoms with Gasteiger partial charge < -0.3 is 9.84 Å². The molecule has 1 aromatic carbocycles. The molecule has 1 N–H and O–H groups in total. The van der Waals surface area contributed by atoms with E-state index in [1.165, 1.54) is 0 Å². The first-order valence-corrected chi connectivity index (χ1v) is 5.62. The van der Waals surface area contributed by atoms with Crippen LogP contribution in [0.2, 0.25) is 0 Å². The largest absolute Gasteiger partial charge is 0.494 e. The zero-order valence-electron chi connectivity index (χ0n) is 8.66. The Balaban J connectivity index is 3.14. The van der Waals surface area contributed by atoms with E-state index in [2.05, 4.69) is 15.9 Å². The number of rotatable bonds is 4. The predicted molar refractivity (Wildman–Crippen MR) is 61.9 cm³/mol. The minimum Gasteiger partial charge on any atom is -0.494 e. The van der Waals surface area contributed by atoms with Crippen molar-refractivity contribution in [3.8, 4) is 5.75 Å². The Hall–Kier alpha value is -1.03. The molecule has 3 nitrogen and oxygen atoms in total. The van der Waals surface area contributed by atoms with E-state index in [-0.39, 0.29) is 10.4 Å². The van der Waals surface area contributed by atoms with Crippen LogP contribution in [0.4, 0.5) is 0 Å². The number of benzene rings is 1. The third-order valence-electron chi connectivity index (χ3n) is 1.99. The highest BCUT2D eigenvalue weighted by Crippen LogP contribution is 2.31. The van der Waals surface area contributed by atoms with Crippen molar-refractivity contribution < 1.29 is 14.6 Å². The topological polar surface area (TPSA) is 46.5 Å². The van der Waals surface area contributed by atoms with Crippen LogP contribution >= 0.6 is 15.9 Å². The van der Waals surface area contributed by atoms with Crippen LogP contribution in [0.15, 0.2) is 18.2 Å². The van der Waals surface area contributed by atoms with E-state index in [0.717, 1.165) is 11.3 Å². The number of carbonyl (C=O) groups is 1. The van der Waals surface area contributed by atoms with Crippen molar-refractivity contribution in [3.63, 3.8) is 0 Å². The number of hydrogen-bond acceptors (Lipinski definition) is 2. The smallest absolute Gasteiger partial charge is 0.335 e. The highest BCUT2D eigenvalue weighted by atomic mass is 79.9. The number of hydrogen-bond donors (Lipinski definition) is 1. The number of carboxylic acid groups (broad SMARTS) is 1. The maximum atomic E-state index is 10.8. The van der Waals surface area contributed by atoms with Gasteiger partial charge in [0.05, 0.1) is 12.2 Å². The van der Waals surface area contributed by atoms with E-state index in [1.54, 1.807) is 18.2 Å². The fourth-order valence-electron chi connectivity index (χ4n) is 1.28. The lowest BCUT2D eigenvalue weighted by Gasteiger charge is -2.12. The summed E-state index contributed by atoms with van der Waals surface area (Å²) in [5, 5.41) is 8.86. The fourth-order valence-corrected chi connectivity index (χ4v) is 1.64. The van der Waals surface area contributed by atoms with E-state index in [9.17, 15) is 4.79 Å². The molecule has 0 spiro atoms. The van der Waals surface area contributed by atoms with Gasteiger partial charge >= 0.3 is 5.97 Å². The molecule has 1 atom stereocenters. The number of halogens is 1. The fraction of sp³-hybridized carbons (Fsp3) is 0.364. The summed E-state index contributed by atoms with van der Waals surface area (Å²) in [7, 11) is 0. The lowest BCUT2D eigenvalue weighted by Crippen LogP contribution is -2.01. The van der Waals surface area contributed by atoms with Gasteiger partial charge in [-0.2, -0.15) is 0 Å². The Morgan fingerprint density at radius 3 is 2.73 bits per heavy atom. The van der Waals surface area contributed by atoms with Crippen molar-refractivity contribution in [2.45, 2.75) is 18.7 Å². The van der Waals surface area contributed by atoms with Gasteiger partial charge in [0.1, 0.15) is 5.75 Å². The zero-order chi connectivity index (χ0) is 11.4. The summed E-state index contributed by atoms with van der Waals surface area (Å²) in [5.74, 6) is -0.195. The molecule has 1 unspecified atom stereocenters. The minimum atomic E-state index is -0.924. The van der Waals surface area contributed by atoms with Crippen molar-refractivity contribution in [3.05, 3.63) is 29.3 Å². The molecule has 0 aliphatic rings. The molecule has 82 valence electrons. The standard InChI is InChI=1S/C11H13BrO3/c1-3-15-10-5-4-8(11(13)14)6-9(10)7(2)12/h4-7H,3H2,1-2H3,(H,13,14). The molecule has 0 saturated heterocycles. The van der Waals surface area contributed by atoms with Crippen molar-refractivity contribution in [1.82, 2.24) is 0 Å². The summed E-state index contributed by atoms with van der Waals surface area (Å²) in [6, 6.07) is 4.87. The highest BCUT2D eigenvalue weighted by Gasteiger charge is 2.12. The predicted octanol–water partition coefficient (Wildman–Crippen LogP) is 3.24. The van der Waals surface area contributed by atoms with E-state index in [0.29, 0.717) is 6.61 Å². The molecule has 0 heterocycles. The van der Waals surface area contributed by atoms with Crippen molar-refractivity contribution in [1.29, 1.82) is 0 Å². The summed E-state index contributed by atoms with van der Waals surface area (Å²) in [6.45, 7) is 4.40. The maximum Gasteiger partial charge on any atom is 0.335 e. The van der Waals surface area contributed by atoms with Crippen molar-refractivity contribution in [2.75, 3.05) is 6.61 Å². The Bertz CT molecular complexity index is 361. The Labute approximate surface area is 97.2 Å². The molecule has 0 saturated carbocycles. The molecule has 0 bridgehead atoms. The van der Waals surface area contributed by atoms with Crippen LogP contribution in [0.3, 0.4) is 0 Å². The summed E-state index contributed by atoms with van der Waals surface area (Å²) >= 11 is 3.41. The average molecular weight is 273 g/mol. The van der Waals surface area contributed by atoms with Gasteiger partial charge in [0, 0.05) is 10.4 Å². The minimum absolute atomic E-state index is 0.0679. The molecule has 0 radical (unpaired) electrons. The lowest BCUT2D eigenvalue weighted by molar-refractivity contribution is 0.0696. The summed E-state index contributed by atoms with van der Waals surface area (Å²) in [5.41, 5.74) is 1.14. The normalized spacial score (nSPS) is 12.2. The van der Waals surface area contributed by atoms with Gasteiger partial charge in [0.15, 0.2) is 0 Å². The number of alkyl halides is 1. The van der Waals surface area contributed by atoms with Crippen LogP contribution < -0.4 is 4.74 Å². The van der Waals surface area contributed by atoms with E-state index < -0.39 is 5.97 Å². The molecule has 0 amide bonds. The lowest BCUT2D eigenvalue weighted by atomic mass is 10.1. The van der Waals surface area contributed by atoms with Gasteiger partial charge in [-0.15, -0.1) is 0 Å². The first-order chi connectivity index (χ1) is 7.06. The average Bonchev–Trinajstić information content (AvgIpc) is 2.18. The van der Waals surface area contributed by atoms with Gasteiger partial charge in [0.2, 0.25) is 0 Å². The molecular formula is C11H13BrO3. The van der Waals surface area contributed by atoms with Crippen LogP contribution in [-0.4, -0.2) is 17.7 Å². The van der Waals surface area contributed by atoms with E-state index >= 15 is 0 Å². The van der Waals surface area contributed by atoms with Crippen LogP contribution in [0.25, 0.3) is 0 Å². The summed E-state index contributed by atoms with van der Waals surface area (Å²) in [4.78, 5) is 10.9. The van der Waals surface area contributed by atoms with Gasteiger partial charge in [-0.25, -0.2) is 4.79 Å². The Morgan fingerprint density at radius 2 is 2.27 bits per heavy atom. The van der Waals surface area contributed by atoms with Crippen molar-refractivity contribution in [2.24, 2.45) is 0 Å². The molecular weight excluding hydrogens is 260 g/mol. The summed E-state index contributed by atoms with van der Waals surface area (Å²) in [6.07, 6.45) is 0. The monoisotopic (exact) mass is 272 g/mol. The maximum absolute atomic E-state index is 10.8. The van der Waals surface area contributed by atoms with Gasteiger partial charge in [0.25, 0.3) is 0 Å². The molecule has 15 heavy (non-hydrogen) atoms. The van der Waals surface area contributed by atoms with Gasteiger partial charge in [-0.3, -0.25) is 0 Å². The van der Waals surface area contributed by atoms with E-state index in [4.69, 9.17) is 9.84 Å². The van der Waals surface area contributed by atoms with Crippen molar-refractivity contribution >= 4 is 21.9 Å². The number of ether oxygens (including phenoxy) is 1. The highest BCUT2D eigenvalue weighted by molar-refractivity contribution is 9.09. The molecule has 0 aliphatic heterocycles. The molecule has 1 aromatic rings. The number of aromatic carboxylic acids is 1. The quantitative estimate of drug-likeness (QED) is 0.856. The number of carboxylic acids is 1. The SMILES string of the molecule is CCOc1ccc(C(=O)O)cc1C(C)Br. The van der Waals surface area contributed by atoms with Crippen LogP contribution in [0.1, 0.15) is 34.6 Å². The second kappa shape index (κ2) is 5.16. The van der Waals surface area contributed by atoms with Crippen LogP contribution in [0.5, 0.6) is 5.75 Å². The third-order valence-corrected chi connectivity index (χ3v) is 2.48. The second-order valence-electron chi connectivity index (χ2n) is 3.11. The first kappa shape index (κ1) is 12.0. The second-order valence-corrected chi connectivity index (χ2v) is 4.48. The molecule has 0 aliphatic carbocycles. The summed E-state index contributed by atoms with van der Waals surface area (Å²) < 4.78 is 5.41. The Morgan fingerprint density at radius 1 is 1.60 bits per heavy atom. The first-order valence-electron chi connectivity index (χ1n) is 4.70. The van der Waals surface area contributed by atoms with E-state index in [1.807, 2.05) is 13.8 Å². The molecule has 4 heteroatoms. The Kier molecular flexibility index (Phi) is 4.15.